The molecule has 1 aromatic rings. The Morgan fingerprint density at radius 1 is 1.06 bits per heavy atom. The standard InChI is InChI=1S/C15H21N/c1-12-9-14-7-8-15(10-12)16(14)11-13-5-3-2-4-6-13/h2-6,12,14-15H,7-11H2,1H3/t12-,14-,15+. The van der Waals surface area contributed by atoms with Crippen LogP contribution in [0, 0.1) is 5.92 Å². The van der Waals surface area contributed by atoms with Gasteiger partial charge in [-0.1, -0.05) is 37.3 Å². The molecule has 3 atom stereocenters. The number of nitrogens with zero attached hydrogens (tertiary/aromatic N) is 1. The van der Waals surface area contributed by atoms with Gasteiger partial charge in [0.2, 0.25) is 0 Å². The van der Waals surface area contributed by atoms with Gasteiger partial charge in [0.05, 0.1) is 0 Å². The molecule has 2 fully saturated rings. The van der Waals surface area contributed by atoms with E-state index in [2.05, 4.69) is 42.2 Å². The monoisotopic (exact) mass is 215 g/mol. The Bertz CT molecular complexity index is 332. The van der Waals surface area contributed by atoms with E-state index in [1.54, 1.807) is 0 Å². The second-order valence-electron chi connectivity index (χ2n) is 5.62. The summed E-state index contributed by atoms with van der Waals surface area (Å²) in [5.41, 5.74) is 1.48. The summed E-state index contributed by atoms with van der Waals surface area (Å²) in [6.45, 7) is 3.59. The van der Waals surface area contributed by atoms with Crippen LogP contribution in [-0.4, -0.2) is 17.0 Å². The Labute approximate surface area is 98.5 Å². The van der Waals surface area contributed by atoms with Crippen molar-refractivity contribution in [3.05, 3.63) is 35.9 Å². The molecule has 0 N–H and O–H groups in total. The Morgan fingerprint density at radius 2 is 1.69 bits per heavy atom. The highest BCUT2D eigenvalue weighted by Crippen LogP contribution is 2.39. The summed E-state index contributed by atoms with van der Waals surface area (Å²) < 4.78 is 0. The van der Waals surface area contributed by atoms with Crippen molar-refractivity contribution in [1.29, 1.82) is 0 Å². The molecule has 0 aromatic heterocycles. The molecule has 1 heteroatoms. The first-order valence-electron chi connectivity index (χ1n) is 6.62. The molecule has 2 bridgehead atoms. The van der Waals surface area contributed by atoms with Gasteiger partial charge in [0.25, 0.3) is 0 Å². The van der Waals surface area contributed by atoms with Crippen LogP contribution in [0.5, 0.6) is 0 Å². The number of piperidine rings is 1. The lowest BCUT2D eigenvalue weighted by atomic mass is 9.92. The fraction of sp³-hybridized carbons (Fsp3) is 0.600. The van der Waals surface area contributed by atoms with Crippen molar-refractivity contribution in [3.8, 4) is 0 Å². The van der Waals surface area contributed by atoms with Crippen LogP contribution in [0.2, 0.25) is 0 Å². The molecule has 16 heavy (non-hydrogen) atoms. The maximum atomic E-state index is 2.76. The highest BCUT2D eigenvalue weighted by atomic mass is 15.2. The zero-order valence-electron chi connectivity index (χ0n) is 10.1. The van der Waals surface area contributed by atoms with Crippen molar-refractivity contribution in [2.45, 2.75) is 51.2 Å². The smallest absolute Gasteiger partial charge is 0.0239 e. The number of hydrogen-bond acceptors (Lipinski definition) is 1. The molecule has 0 amide bonds. The van der Waals surface area contributed by atoms with Crippen LogP contribution in [0.3, 0.4) is 0 Å². The Balaban J connectivity index is 1.72. The molecular formula is C15H21N. The number of benzene rings is 1. The van der Waals surface area contributed by atoms with Gasteiger partial charge in [-0.3, -0.25) is 4.90 Å². The zero-order chi connectivity index (χ0) is 11.0. The van der Waals surface area contributed by atoms with Gasteiger partial charge in [-0.15, -0.1) is 0 Å². The average Bonchev–Trinajstić information content (AvgIpc) is 2.54. The number of hydrogen-bond donors (Lipinski definition) is 0. The molecule has 0 unspecified atom stereocenters. The van der Waals surface area contributed by atoms with Crippen molar-refractivity contribution in [3.63, 3.8) is 0 Å². The summed E-state index contributed by atoms with van der Waals surface area (Å²) in [6.07, 6.45) is 5.70. The molecule has 2 saturated heterocycles. The van der Waals surface area contributed by atoms with E-state index < -0.39 is 0 Å². The van der Waals surface area contributed by atoms with Crippen molar-refractivity contribution in [2.75, 3.05) is 0 Å². The van der Waals surface area contributed by atoms with Gasteiger partial charge in [0.15, 0.2) is 0 Å². The molecule has 2 aliphatic heterocycles. The second-order valence-corrected chi connectivity index (χ2v) is 5.62. The van der Waals surface area contributed by atoms with Crippen LogP contribution in [0.4, 0.5) is 0 Å². The van der Waals surface area contributed by atoms with Gasteiger partial charge in [-0.2, -0.15) is 0 Å². The summed E-state index contributed by atoms with van der Waals surface area (Å²) in [6, 6.07) is 12.7. The number of fused-ring (bicyclic) bond motifs is 2. The van der Waals surface area contributed by atoms with Gasteiger partial charge >= 0.3 is 0 Å². The van der Waals surface area contributed by atoms with Crippen molar-refractivity contribution >= 4 is 0 Å². The molecule has 2 heterocycles. The van der Waals surface area contributed by atoms with Gasteiger partial charge in [0, 0.05) is 18.6 Å². The summed E-state index contributed by atoms with van der Waals surface area (Å²) in [7, 11) is 0. The first-order valence-corrected chi connectivity index (χ1v) is 6.62. The minimum absolute atomic E-state index is 0.869. The number of rotatable bonds is 2. The largest absolute Gasteiger partial charge is 0.293 e. The Hall–Kier alpha value is -0.820. The van der Waals surface area contributed by atoms with E-state index in [1.807, 2.05) is 0 Å². The normalized spacial score (nSPS) is 34.2. The quantitative estimate of drug-likeness (QED) is 0.730. The molecule has 2 aliphatic rings. The van der Waals surface area contributed by atoms with Gasteiger partial charge in [0.1, 0.15) is 0 Å². The minimum Gasteiger partial charge on any atom is -0.293 e. The molecular weight excluding hydrogens is 194 g/mol. The predicted octanol–water partition coefficient (Wildman–Crippen LogP) is 3.45. The highest BCUT2D eigenvalue weighted by molar-refractivity contribution is 5.15. The second kappa shape index (κ2) is 4.21. The van der Waals surface area contributed by atoms with Crippen LogP contribution in [-0.2, 0) is 6.54 Å². The minimum atomic E-state index is 0.869. The van der Waals surface area contributed by atoms with E-state index in [0.29, 0.717) is 0 Å². The van der Waals surface area contributed by atoms with Crippen molar-refractivity contribution in [2.24, 2.45) is 5.92 Å². The van der Waals surface area contributed by atoms with E-state index in [1.165, 1.54) is 37.8 Å². The summed E-state index contributed by atoms with van der Waals surface area (Å²) in [5.74, 6) is 0.949. The van der Waals surface area contributed by atoms with Crippen LogP contribution in [0.25, 0.3) is 0 Å². The first-order chi connectivity index (χ1) is 7.83. The fourth-order valence-electron chi connectivity index (χ4n) is 3.60. The third-order valence-electron chi connectivity index (χ3n) is 4.33. The molecule has 86 valence electrons. The van der Waals surface area contributed by atoms with E-state index in [-0.39, 0.29) is 0 Å². The predicted molar refractivity (Wildman–Crippen MR) is 67.2 cm³/mol. The van der Waals surface area contributed by atoms with E-state index in [0.717, 1.165) is 18.0 Å². The van der Waals surface area contributed by atoms with Crippen LogP contribution >= 0.6 is 0 Å². The van der Waals surface area contributed by atoms with Crippen LogP contribution in [0.15, 0.2) is 30.3 Å². The summed E-state index contributed by atoms with van der Waals surface area (Å²) in [5, 5.41) is 0. The van der Waals surface area contributed by atoms with Crippen LogP contribution < -0.4 is 0 Å². The average molecular weight is 215 g/mol. The van der Waals surface area contributed by atoms with E-state index in [9.17, 15) is 0 Å². The van der Waals surface area contributed by atoms with Gasteiger partial charge in [-0.05, 0) is 37.2 Å². The lowest BCUT2D eigenvalue weighted by Crippen LogP contribution is -2.41. The molecule has 1 nitrogen and oxygen atoms in total. The molecule has 0 spiro atoms. The third kappa shape index (κ3) is 1.89. The molecule has 0 radical (unpaired) electrons. The maximum Gasteiger partial charge on any atom is 0.0239 e. The third-order valence-corrected chi connectivity index (χ3v) is 4.33. The molecule has 0 aliphatic carbocycles. The molecule has 1 aromatic carbocycles. The lowest BCUT2D eigenvalue weighted by molar-refractivity contribution is 0.102. The highest BCUT2D eigenvalue weighted by Gasteiger charge is 2.38. The van der Waals surface area contributed by atoms with E-state index in [4.69, 9.17) is 0 Å². The van der Waals surface area contributed by atoms with Gasteiger partial charge < -0.3 is 0 Å². The van der Waals surface area contributed by atoms with E-state index >= 15 is 0 Å². The van der Waals surface area contributed by atoms with Crippen molar-refractivity contribution in [1.82, 2.24) is 4.90 Å². The fourth-order valence-corrected chi connectivity index (χ4v) is 3.60. The Kier molecular flexibility index (Phi) is 2.72. The van der Waals surface area contributed by atoms with Crippen LogP contribution in [0.1, 0.15) is 38.2 Å². The van der Waals surface area contributed by atoms with Crippen molar-refractivity contribution < 1.29 is 0 Å². The summed E-state index contributed by atoms with van der Waals surface area (Å²) in [4.78, 5) is 2.76. The maximum absolute atomic E-state index is 2.76. The SMILES string of the molecule is C[C@@H]1C[C@H]2CC[C@@H](C1)N2Cc1ccccc1. The van der Waals surface area contributed by atoms with Gasteiger partial charge in [-0.25, -0.2) is 0 Å². The molecule has 3 rings (SSSR count). The lowest BCUT2D eigenvalue weighted by Gasteiger charge is -2.37. The zero-order valence-corrected chi connectivity index (χ0v) is 10.1. The topological polar surface area (TPSA) is 3.24 Å². The summed E-state index contributed by atoms with van der Waals surface area (Å²) >= 11 is 0. The first kappa shape index (κ1) is 10.3. The Morgan fingerprint density at radius 3 is 2.31 bits per heavy atom. The molecule has 0 saturated carbocycles.